The largest absolute Gasteiger partial charge is 0.497 e. The first-order valence-electron chi connectivity index (χ1n) is 7.09. The van der Waals surface area contributed by atoms with Crippen molar-refractivity contribution >= 4 is 17.3 Å². The average Bonchev–Trinajstić information content (AvgIpc) is 2.61. The first kappa shape index (κ1) is 17.3. The van der Waals surface area contributed by atoms with E-state index in [9.17, 15) is 4.79 Å². The minimum atomic E-state index is -0.355. The monoisotopic (exact) mass is 332 g/mol. The molecule has 0 atom stereocenters. The molecule has 0 aliphatic heterocycles. The van der Waals surface area contributed by atoms with E-state index in [1.807, 2.05) is 0 Å². The second-order valence-electron chi connectivity index (χ2n) is 4.82. The Morgan fingerprint density at radius 2 is 1.54 bits per heavy atom. The molecule has 0 bridgehead atoms. The zero-order valence-corrected chi connectivity index (χ0v) is 14.0. The maximum Gasteiger partial charge on any atom is 0.255 e. The summed E-state index contributed by atoms with van der Waals surface area (Å²) in [5.41, 5.74) is 7.14. The SMILES string of the molecule is COc1ccc(NC(=O)c2cc(OC)c(OC)c(OC)c2)c(N)c1. The van der Waals surface area contributed by atoms with Crippen molar-refractivity contribution in [3.05, 3.63) is 35.9 Å². The molecule has 0 heterocycles. The predicted octanol–water partition coefficient (Wildman–Crippen LogP) is 2.56. The molecule has 7 heteroatoms. The van der Waals surface area contributed by atoms with Gasteiger partial charge in [0.05, 0.1) is 39.8 Å². The maximum atomic E-state index is 12.5. The first-order chi connectivity index (χ1) is 11.5. The maximum absolute atomic E-state index is 12.5. The summed E-state index contributed by atoms with van der Waals surface area (Å²) >= 11 is 0. The van der Waals surface area contributed by atoms with Crippen molar-refractivity contribution in [1.29, 1.82) is 0 Å². The number of amides is 1. The van der Waals surface area contributed by atoms with Gasteiger partial charge >= 0.3 is 0 Å². The molecule has 0 spiro atoms. The lowest BCUT2D eigenvalue weighted by Crippen LogP contribution is -2.14. The average molecular weight is 332 g/mol. The standard InChI is InChI=1S/C17H20N2O5/c1-21-11-5-6-13(12(18)9-11)19-17(20)10-7-14(22-2)16(24-4)15(8-10)23-3/h5-9H,18H2,1-4H3,(H,19,20). The molecule has 24 heavy (non-hydrogen) atoms. The number of carbonyl (C=O) groups is 1. The van der Waals surface area contributed by atoms with Crippen LogP contribution in [-0.4, -0.2) is 34.3 Å². The molecule has 0 saturated carbocycles. The summed E-state index contributed by atoms with van der Waals surface area (Å²) in [6, 6.07) is 8.14. The van der Waals surface area contributed by atoms with Crippen molar-refractivity contribution < 1.29 is 23.7 Å². The lowest BCUT2D eigenvalue weighted by molar-refractivity contribution is 0.102. The van der Waals surface area contributed by atoms with Crippen LogP contribution in [0.1, 0.15) is 10.4 Å². The normalized spacial score (nSPS) is 10.0. The number of rotatable bonds is 6. The summed E-state index contributed by atoms with van der Waals surface area (Å²) in [5, 5.41) is 2.75. The Labute approximate surface area is 140 Å². The number of anilines is 2. The van der Waals surface area contributed by atoms with E-state index in [-0.39, 0.29) is 5.91 Å². The summed E-state index contributed by atoms with van der Waals surface area (Å²) in [5.74, 6) is 1.46. The van der Waals surface area contributed by atoms with Gasteiger partial charge < -0.3 is 30.0 Å². The lowest BCUT2D eigenvalue weighted by atomic mass is 10.1. The number of nitrogen functional groups attached to an aromatic ring is 1. The molecular formula is C17H20N2O5. The minimum absolute atomic E-state index is 0.347. The van der Waals surface area contributed by atoms with Crippen LogP contribution in [0.3, 0.4) is 0 Å². The number of nitrogens with two attached hydrogens (primary N) is 1. The van der Waals surface area contributed by atoms with Crippen molar-refractivity contribution in [1.82, 2.24) is 0 Å². The summed E-state index contributed by atoms with van der Waals surface area (Å²) in [6.07, 6.45) is 0. The zero-order chi connectivity index (χ0) is 17.7. The Morgan fingerprint density at radius 1 is 0.917 bits per heavy atom. The van der Waals surface area contributed by atoms with Crippen LogP contribution >= 0.6 is 0 Å². The van der Waals surface area contributed by atoms with Crippen LogP contribution < -0.4 is 30.0 Å². The zero-order valence-electron chi connectivity index (χ0n) is 14.0. The summed E-state index contributed by atoms with van der Waals surface area (Å²) in [6.45, 7) is 0. The number of hydrogen-bond acceptors (Lipinski definition) is 6. The molecule has 2 rings (SSSR count). The van der Waals surface area contributed by atoms with Gasteiger partial charge in [0.25, 0.3) is 5.91 Å². The van der Waals surface area contributed by atoms with E-state index in [2.05, 4.69) is 5.32 Å². The molecule has 0 radical (unpaired) electrons. The highest BCUT2D eigenvalue weighted by Crippen LogP contribution is 2.38. The minimum Gasteiger partial charge on any atom is -0.497 e. The molecule has 0 fully saturated rings. The number of nitrogens with one attached hydrogen (secondary N) is 1. The van der Waals surface area contributed by atoms with Crippen LogP contribution in [0.25, 0.3) is 0 Å². The number of benzene rings is 2. The predicted molar refractivity (Wildman–Crippen MR) is 91.5 cm³/mol. The van der Waals surface area contributed by atoms with Gasteiger partial charge in [-0.05, 0) is 24.3 Å². The van der Waals surface area contributed by atoms with Crippen LogP contribution in [0.4, 0.5) is 11.4 Å². The number of ether oxygens (including phenoxy) is 4. The molecule has 0 aliphatic rings. The second-order valence-corrected chi connectivity index (χ2v) is 4.82. The second kappa shape index (κ2) is 7.45. The Balaban J connectivity index is 2.33. The fraction of sp³-hybridized carbons (Fsp3) is 0.235. The van der Waals surface area contributed by atoms with E-state index < -0.39 is 0 Å². The molecule has 1 amide bonds. The van der Waals surface area contributed by atoms with Gasteiger partial charge in [0.1, 0.15) is 5.75 Å². The van der Waals surface area contributed by atoms with Crippen molar-refractivity contribution in [3.63, 3.8) is 0 Å². The van der Waals surface area contributed by atoms with Crippen molar-refractivity contribution in [3.8, 4) is 23.0 Å². The Kier molecular flexibility index (Phi) is 5.36. The fourth-order valence-corrected chi connectivity index (χ4v) is 2.19. The third kappa shape index (κ3) is 3.45. The quantitative estimate of drug-likeness (QED) is 0.790. The Morgan fingerprint density at radius 3 is 2.00 bits per heavy atom. The molecule has 0 unspecified atom stereocenters. The van der Waals surface area contributed by atoms with Gasteiger partial charge in [0, 0.05) is 11.6 Å². The van der Waals surface area contributed by atoms with Gasteiger partial charge in [-0.2, -0.15) is 0 Å². The Bertz CT molecular complexity index is 721. The van der Waals surface area contributed by atoms with Crippen molar-refractivity contribution in [2.75, 3.05) is 39.5 Å². The van der Waals surface area contributed by atoms with Crippen LogP contribution in [0.2, 0.25) is 0 Å². The highest BCUT2D eigenvalue weighted by atomic mass is 16.5. The smallest absolute Gasteiger partial charge is 0.255 e. The van der Waals surface area contributed by atoms with E-state index >= 15 is 0 Å². The van der Waals surface area contributed by atoms with Gasteiger partial charge in [-0.25, -0.2) is 0 Å². The molecule has 7 nitrogen and oxygen atoms in total. The van der Waals surface area contributed by atoms with Crippen molar-refractivity contribution in [2.45, 2.75) is 0 Å². The summed E-state index contributed by atoms with van der Waals surface area (Å²) < 4.78 is 20.8. The fourth-order valence-electron chi connectivity index (χ4n) is 2.19. The van der Waals surface area contributed by atoms with E-state index in [1.165, 1.54) is 21.3 Å². The van der Waals surface area contributed by atoms with Gasteiger partial charge in [0.2, 0.25) is 5.75 Å². The van der Waals surface area contributed by atoms with Crippen molar-refractivity contribution in [2.24, 2.45) is 0 Å². The molecular weight excluding hydrogens is 312 g/mol. The van der Waals surface area contributed by atoms with Crippen LogP contribution in [0.5, 0.6) is 23.0 Å². The first-order valence-corrected chi connectivity index (χ1v) is 7.09. The van der Waals surface area contributed by atoms with Gasteiger partial charge in [-0.1, -0.05) is 0 Å². The van der Waals surface area contributed by atoms with Crippen LogP contribution in [0.15, 0.2) is 30.3 Å². The summed E-state index contributed by atoms with van der Waals surface area (Å²) in [4.78, 5) is 12.5. The van der Waals surface area contributed by atoms with Gasteiger partial charge in [-0.3, -0.25) is 4.79 Å². The van der Waals surface area contributed by atoms with E-state index in [0.29, 0.717) is 39.9 Å². The third-order valence-corrected chi connectivity index (χ3v) is 3.43. The molecule has 0 aliphatic carbocycles. The molecule has 2 aromatic carbocycles. The molecule has 0 aromatic heterocycles. The van der Waals surface area contributed by atoms with E-state index in [1.54, 1.807) is 37.4 Å². The topological polar surface area (TPSA) is 92.0 Å². The van der Waals surface area contributed by atoms with Gasteiger partial charge in [-0.15, -0.1) is 0 Å². The molecule has 0 saturated heterocycles. The van der Waals surface area contributed by atoms with Gasteiger partial charge in [0.15, 0.2) is 11.5 Å². The Hall–Kier alpha value is -3.09. The molecule has 128 valence electrons. The third-order valence-electron chi connectivity index (χ3n) is 3.43. The van der Waals surface area contributed by atoms with Crippen LogP contribution in [-0.2, 0) is 0 Å². The number of hydrogen-bond donors (Lipinski definition) is 2. The number of methoxy groups -OCH3 is 4. The number of carbonyl (C=O) groups excluding carboxylic acids is 1. The molecule has 3 N–H and O–H groups in total. The summed E-state index contributed by atoms with van der Waals surface area (Å²) in [7, 11) is 6.02. The lowest BCUT2D eigenvalue weighted by Gasteiger charge is -2.14. The van der Waals surface area contributed by atoms with E-state index in [0.717, 1.165) is 0 Å². The highest BCUT2D eigenvalue weighted by Gasteiger charge is 2.17. The highest BCUT2D eigenvalue weighted by molar-refractivity contribution is 6.06. The molecule has 2 aromatic rings. The van der Waals surface area contributed by atoms with E-state index in [4.69, 9.17) is 24.7 Å². The van der Waals surface area contributed by atoms with Crippen LogP contribution in [0, 0.1) is 0 Å².